The first-order valence-electron chi connectivity index (χ1n) is 8.65. The third kappa shape index (κ3) is 3.87. The highest BCUT2D eigenvalue weighted by atomic mass is 16.4. The van der Waals surface area contributed by atoms with E-state index in [0.29, 0.717) is 11.1 Å². The molecule has 6 heteroatoms. The number of para-hydroxylation sites is 2. The maximum Gasteiger partial charge on any atom is 0.419 e. The maximum absolute atomic E-state index is 12.1. The Morgan fingerprint density at radius 3 is 2.67 bits per heavy atom. The number of aliphatic hydroxyl groups is 1. The molecule has 1 saturated carbocycles. The third-order valence-corrected chi connectivity index (χ3v) is 4.79. The molecule has 1 aromatic heterocycles. The summed E-state index contributed by atoms with van der Waals surface area (Å²) in [5.41, 5.74) is 0.430. The van der Waals surface area contributed by atoms with E-state index >= 15 is 0 Å². The van der Waals surface area contributed by atoms with Gasteiger partial charge in [-0.15, -0.1) is 0 Å². The van der Waals surface area contributed by atoms with Gasteiger partial charge < -0.3 is 14.8 Å². The Kier molecular flexibility index (Phi) is 5.04. The van der Waals surface area contributed by atoms with E-state index in [-0.39, 0.29) is 25.4 Å². The normalized spacial score (nSPS) is 17.5. The molecule has 0 atom stereocenters. The first-order valence-corrected chi connectivity index (χ1v) is 8.65. The molecule has 0 saturated heterocycles. The molecule has 1 fully saturated rings. The number of nitrogens with one attached hydrogen (secondary N) is 1. The van der Waals surface area contributed by atoms with Gasteiger partial charge in [0.2, 0.25) is 5.91 Å². The Bertz CT molecular complexity index is 754. The number of carbonyl (C=O) groups is 1. The van der Waals surface area contributed by atoms with Crippen molar-refractivity contribution in [2.45, 2.75) is 57.1 Å². The Morgan fingerprint density at radius 1 is 1.21 bits per heavy atom. The van der Waals surface area contributed by atoms with Crippen LogP contribution in [0.25, 0.3) is 11.1 Å². The fourth-order valence-electron chi connectivity index (χ4n) is 3.35. The number of oxazole rings is 1. The lowest BCUT2D eigenvalue weighted by Crippen LogP contribution is -2.42. The van der Waals surface area contributed by atoms with Crippen molar-refractivity contribution in [1.29, 1.82) is 0 Å². The van der Waals surface area contributed by atoms with Gasteiger partial charge in [-0.25, -0.2) is 4.79 Å². The number of amides is 1. The van der Waals surface area contributed by atoms with Crippen molar-refractivity contribution >= 4 is 17.0 Å². The van der Waals surface area contributed by atoms with E-state index in [9.17, 15) is 14.7 Å². The van der Waals surface area contributed by atoms with Crippen LogP contribution in [0.2, 0.25) is 0 Å². The van der Waals surface area contributed by atoms with Gasteiger partial charge in [0.25, 0.3) is 0 Å². The number of hydrogen-bond acceptors (Lipinski definition) is 4. The summed E-state index contributed by atoms with van der Waals surface area (Å²) in [6.45, 7) is 0.549. The summed E-state index contributed by atoms with van der Waals surface area (Å²) in [5, 5.41) is 13.4. The van der Waals surface area contributed by atoms with Gasteiger partial charge in [0.1, 0.15) is 0 Å². The molecule has 2 N–H and O–H groups in total. The molecule has 0 radical (unpaired) electrons. The van der Waals surface area contributed by atoms with Crippen molar-refractivity contribution in [3.63, 3.8) is 0 Å². The van der Waals surface area contributed by atoms with Gasteiger partial charge in [0.05, 0.1) is 11.1 Å². The van der Waals surface area contributed by atoms with Gasteiger partial charge in [-0.2, -0.15) is 0 Å². The number of aromatic nitrogens is 1. The lowest BCUT2D eigenvalue weighted by molar-refractivity contribution is -0.122. The number of rotatable bonds is 5. The van der Waals surface area contributed by atoms with Gasteiger partial charge in [-0.3, -0.25) is 9.36 Å². The summed E-state index contributed by atoms with van der Waals surface area (Å²) in [4.78, 5) is 24.0. The fourth-order valence-corrected chi connectivity index (χ4v) is 3.35. The van der Waals surface area contributed by atoms with E-state index in [1.165, 1.54) is 4.57 Å². The molecule has 1 amide bonds. The second kappa shape index (κ2) is 7.21. The van der Waals surface area contributed by atoms with Crippen molar-refractivity contribution in [2.75, 3.05) is 6.54 Å². The zero-order valence-corrected chi connectivity index (χ0v) is 13.8. The molecule has 0 unspecified atom stereocenters. The number of benzene rings is 1. The predicted molar refractivity (Wildman–Crippen MR) is 90.8 cm³/mol. The molecule has 6 nitrogen and oxygen atoms in total. The second-order valence-electron chi connectivity index (χ2n) is 6.65. The summed E-state index contributed by atoms with van der Waals surface area (Å²) in [6, 6.07) is 7.16. The Morgan fingerprint density at radius 2 is 1.92 bits per heavy atom. The molecular formula is C18H24N2O4. The number of aryl methyl sites for hydroxylation is 1. The van der Waals surface area contributed by atoms with Crippen molar-refractivity contribution in [3.05, 3.63) is 34.8 Å². The quantitative estimate of drug-likeness (QED) is 0.822. The molecule has 24 heavy (non-hydrogen) atoms. The number of nitrogens with zero attached hydrogens (tertiary/aromatic N) is 1. The standard InChI is InChI=1S/C18H24N2O4/c21-16(19-13-18(23)10-5-1-2-6-11-18)9-12-20-14-7-3-4-8-15(14)24-17(20)22/h3-4,7-8,23H,1-2,5-6,9-13H2,(H,19,21). The van der Waals surface area contributed by atoms with Gasteiger partial charge in [0.15, 0.2) is 5.58 Å². The fraction of sp³-hybridized carbons (Fsp3) is 0.556. The SMILES string of the molecule is O=C(CCn1c(=O)oc2ccccc21)NCC1(O)CCCCCC1. The molecule has 0 bridgehead atoms. The summed E-state index contributed by atoms with van der Waals surface area (Å²) in [7, 11) is 0. The van der Waals surface area contributed by atoms with Crippen molar-refractivity contribution in [2.24, 2.45) is 0 Å². The van der Waals surface area contributed by atoms with Crippen LogP contribution in [0.4, 0.5) is 0 Å². The van der Waals surface area contributed by atoms with Crippen LogP contribution in [0.3, 0.4) is 0 Å². The van der Waals surface area contributed by atoms with Crippen molar-refractivity contribution < 1.29 is 14.3 Å². The summed E-state index contributed by atoms with van der Waals surface area (Å²) in [6.07, 6.45) is 5.95. The van der Waals surface area contributed by atoms with E-state index in [1.54, 1.807) is 18.2 Å². The number of hydrogen-bond donors (Lipinski definition) is 2. The van der Waals surface area contributed by atoms with Crippen LogP contribution in [0.1, 0.15) is 44.9 Å². The molecule has 1 aliphatic carbocycles. The summed E-state index contributed by atoms with van der Waals surface area (Å²) in [5.74, 6) is -0.615. The van der Waals surface area contributed by atoms with Crippen molar-refractivity contribution in [3.8, 4) is 0 Å². The van der Waals surface area contributed by atoms with Gasteiger partial charge in [0, 0.05) is 19.5 Å². The topological polar surface area (TPSA) is 84.5 Å². The highest BCUT2D eigenvalue weighted by Gasteiger charge is 2.28. The van der Waals surface area contributed by atoms with Crippen LogP contribution in [0.5, 0.6) is 0 Å². The van der Waals surface area contributed by atoms with Crippen LogP contribution in [0, 0.1) is 0 Å². The lowest BCUT2D eigenvalue weighted by Gasteiger charge is -2.26. The molecule has 3 rings (SSSR count). The lowest BCUT2D eigenvalue weighted by atomic mass is 9.94. The average Bonchev–Trinajstić information content (AvgIpc) is 2.73. The first-order chi connectivity index (χ1) is 11.6. The highest BCUT2D eigenvalue weighted by molar-refractivity contribution is 5.76. The summed E-state index contributed by atoms with van der Waals surface area (Å²) >= 11 is 0. The number of carbonyl (C=O) groups excluding carboxylic acids is 1. The van der Waals surface area contributed by atoms with Crippen LogP contribution in [-0.2, 0) is 11.3 Å². The Balaban J connectivity index is 1.55. The molecule has 2 aromatic rings. The first kappa shape index (κ1) is 16.8. The van der Waals surface area contributed by atoms with Crippen LogP contribution >= 0.6 is 0 Å². The second-order valence-corrected chi connectivity index (χ2v) is 6.65. The van der Waals surface area contributed by atoms with E-state index in [4.69, 9.17) is 4.42 Å². The van der Waals surface area contributed by atoms with Gasteiger partial charge in [-0.1, -0.05) is 37.8 Å². The molecule has 0 aliphatic heterocycles. The van der Waals surface area contributed by atoms with Crippen LogP contribution < -0.4 is 11.1 Å². The van der Waals surface area contributed by atoms with Crippen molar-refractivity contribution in [1.82, 2.24) is 9.88 Å². The van der Waals surface area contributed by atoms with E-state index in [0.717, 1.165) is 38.5 Å². The summed E-state index contributed by atoms with van der Waals surface area (Å²) < 4.78 is 6.62. The average molecular weight is 332 g/mol. The minimum absolute atomic E-state index is 0.162. The molecule has 1 aliphatic rings. The van der Waals surface area contributed by atoms with E-state index in [2.05, 4.69) is 5.32 Å². The molecule has 1 aromatic carbocycles. The largest absolute Gasteiger partial charge is 0.419 e. The van der Waals surface area contributed by atoms with E-state index in [1.807, 2.05) is 6.07 Å². The smallest absolute Gasteiger partial charge is 0.408 e. The van der Waals surface area contributed by atoms with Crippen LogP contribution in [0.15, 0.2) is 33.5 Å². The minimum Gasteiger partial charge on any atom is -0.408 e. The zero-order chi connectivity index (χ0) is 17.0. The molecular weight excluding hydrogens is 308 g/mol. The predicted octanol–water partition coefficient (Wildman–Crippen LogP) is 2.19. The zero-order valence-electron chi connectivity index (χ0n) is 13.8. The van der Waals surface area contributed by atoms with Gasteiger partial charge in [-0.05, 0) is 25.0 Å². The molecule has 1 heterocycles. The maximum atomic E-state index is 12.1. The molecule has 130 valence electrons. The molecule has 0 spiro atoms. The van der Waals surface area contributed by atoms with E-state index < -0.39 is 11.4 Å². The third-order valence-electron chi connectivity index (χ3n) is 4.79. The Hall–Kier alpha value is -2.08. The van der Waals surface area contributed by atoms with Crippen LogP contribution in [-0.4, -0.2) is 27.7 Å². The van der Waals surface area contributed by atoms with Gasteiger partial charge >= 0.3 is 5.76 Å². The minimum atomic E-state index is -0.786. The Labute approximate surface area is 140 Å². The number of fused-ring (bicyclic) bond motifs is 1. The highest BCUT2D eigenvalue weighted by Crippen LogP contribution is 2.26. The monoisotopic (exact) mass is 332 g/mol.